The van der Waals surface area contributed by atoms with Crippen molar-refractivity contribution in [3.05, 3.63) is 108 Å². The molecule has 0 amide bonds. The van der Waals surface area contributed by atoms with E-state index in [1.807, 2.05) is 91.0 Å². The molecule has 0 aliphatic rings. The number of hydrogen-bond donors (Lipinski definition) is 0. The summed E-state index contributed by atoms with van der Waals surface area (Å²) >= 11 is 0. The third kappa shape index (κ3) is 6.83. The number of carbonyl (C=O) groups excluding carboxylic acids is 3. The fourth-order valence-corrected chi connectivity index (χ4v) is 4.91. The molecule has 6 heteroatoms. The average Bonchev–Trinajstić information content (AvgIpc) is 2.87. The fourth-order valence-electron chi connectivity index (χ4n) is 4.32. The number of hydrogen-bond acceptors (Lipinski definition) is 5. The molecule has 0 fully saturated rings. The Morgan fingerprint density at radius 3 is 1.29 bits per heavy atom. The molecule has 0 saturated carbocycles. The Kier molecular flexibility index (Phi) is 8.88. The maximum Gasteiger partial charge on any atom is 0.152 e. The molecule has 0 aromatic heterocycles. The Balaban J connectivity index is 1.83. The summed E-state index contributed by atoms with van der Waals surface area (Å²) in [7, 11) is -3.23. The fraction of sp³-hybridized carbons (Fsp3) is 0.276. The predicted octanol–water partition coefficient (Wildman–Crippen LogP) is 4.72. The van der Waals surface area contributed by atoms with Crippen LogP contribution in [0.5, 0.6) is 0 Å². The molecule has 0 saturated heterocycles. The van der Waals surface area contributed by atoms with Crippen LogP contribution in [0.15, 0.2) is 91.0 Å². The Bertz CT molecular complexity index is 1150. The highest BCUT2D eigenvalue weighted by Crippen LogP contribution is 2.41. The summed E-state index contributed by atoms with van der Waals surface area (Å²) in [6.45, 7) is 0. The highest BCUT2D eigenvalue weighted by molar-refractivity contribution is 7.90. The number of rotatable bonds is 13. The summed E-state index contributed by atoms with van der Waals surface area (Å²) in [5.74, 6) is -0.763. The number of carbonyl (C=O) groups is 3. The van der Waals surface area contributed by atoms with Crippen molar-refractivity contribution in [1.82, 2.24) is 0 Å². The summed E-state index contributed by atoms with van der Waals surface area (Å²) in [4.78, 5) is 38.6. The second-order valence-corrected chi connectivity index (χ2v) is 11.0. The van der Waals surface area contributed by atoms with Crippen LogP contribution in [-0.2, 0) is 29.6 Å². The van der Waals surface area contributed by atoms with E-state index in [4.69, 9.17) is 0 Å². The van der Waals surface area contributed by atoms with Crippen molar-refractivity contribution in [1.29, 1.82) is 0 Å². The van der Waals surface area contributed by atoms with E-state index in [1.54, 1.807) is 0 Å². The van der Waals surface area contributed by atoms with Crippen LogP contribution < -0.4 is 0 Å². The summed E-state index contributed by atoms with van der Waals surface area (Å²) in [5.41, 5.74) is 1.40. The molecule has 3 aromatic carbocycles. The van der Waals surface area contributed by atoms with E-state index in [9.17, 15) is 22.8 Å². The van der Waals surface area contributed by atoms with E-state index in [1.165, 1.54) is 0 Å². The van der Waals surface area contributed by atoms with Crippen LogP contribution in [0.2, 0.25) is 0 Å². The van der Waals surface area contributed by atoms with Crippen LogP contribution >= 0.6 is 0 Å². The third-order valence-corrected chi connectivity index (χ3v) is 7.05. The van der Waals surface area contributed by atoms with Gasteiger partial charge in [-0.1, -0.05) is 91.0 Å². The van der Waals surface area contributed by atoms with Crippen molar-refractivity contribution in [3.63, 3.8) is 0 Å². The van der Waals surface area contributed by atoms with Gasteiger partial charge in [0.2, 0.25) is 0 Å². The van der Waals surface area contributed by atoms with Crippen molar-refractivity contribution in [2.75, 3.05) is 12.0 Å². The van der Waals surface area contributed by atoms with Crippen molar-refractivity contribution < 1.29 is 22.8 Å². The van der Waals surface area contributed by atoms with Crippen LogP contribution in [0.25, 0.3) is 0 Å². The zero-order valence-electron chi connectivity index (χ0n) is 19.9. The Hall–Kier alpha value is -3.38. The van der Waals surface area contributed by atoms with Gasteiger partial charge >= 0.3 is 0 Å². The molecule has 0 bridgehead atoms. The topological polar surface area (TPSA) is 85.3 Å². The largest absolute Gasteiger partial charge is 0.300 e. The normalized spacial score (nSPS) is 11.7. The van der Waals surface area contributed by atoms with Gasteiger partial charge in [0, 0.05) is 38.4 Å². The summed E-state index contributed by atoms with van der Waals surface area (Å²) in [6, 6.07) is 28.7. The predicted molar refractivity (Wildman–Crippen MR) is 137 cm³/mol. The molecule has 3 aromatic rings. The van der Waals surface area contributed by atoms with Crippen molar-refractivity contribution in [3.8, 4) is 0 Å². The zero-order chi connectivity index (χ0) is 25.3. The molecule has 0 spiro atoms. The average molecular weight is 491 g/mol. The second-order valence-electron chi connectivity index (χ2n) is 8.73. The van der Waals surface area contributed by atoms with Gasteiger partial charge in [0.25, 0.3) is 0 Å². The van der Waals surface area contributed by atoms with Crippen LogP contribution in [0, 0.1) is 0 Å². The number of ketones is 3. The van der Waals surface area contributed by atoms with Gasteiger partial charge in [-0.3, -0.25) is 14.4 Å². The van der Waals surface area contributed by atoms with Crippen LogP contribution in [-0.4, -0.2) is 37.8 Å². The Labute approximate surface area is 207 Å². The first-order chi connectivity index (χ1) is 16.7. The van der Waals surface area contributed by atoms with E-state index >= 15 is 0 Å². The van der Waals surface area contributed by atoms with Gasteiger partial charge in [0.05, 0.1) is 5.75 Å². The first-order valence-electron chi connectivity index (χ1n) is 11.6. The summed E-state index contributed by atoms with van der Waals surface area (Å²) in [6.07, 6.45) is 1.02. The van der Waals surface area contributed by atoms with E-state index in [-0.39, 0.29) is 55.2 Å². The lowest BCUT2D eigenvalue weighted by Gasteiger charge is -2.34. The smallest absolute Gasteiger partial charge is 0.152 e. The molecule has 0 radical (unpaired) electrons. The lowest BCUT2D eigenvalue weighted by molar-refractivity contribution is -0.127. The molecule has 0 aliphatic heterocycles. The molecule has 0 unspecified atom stereocenters. The van der Waals surface area contributed by atoms with Gasteiger partial charge in [0.15, 0.2) is 5.78 Å². The lowest BCUT2D eigenvalue weighted by Crippen LogP contribution is -2.38. The molecule has 0 heterocycles. The number of benzene rings is 3. The quantitative estimate of drug-likeness (QED) is 0.324. The highest BCUT2D eigenvalue weighted by atomic mass is 32.2. The molecule has 35 heavy (non-hydrogen) atoms. The SMILES string of the molecule is CS(=O)(=O)CCC(=O)CCC(=O)CCC(=O)C(c1ccccc1)(c1ccccc1)c1ccccc1. The zero-order valence-corrected chi connectivity index (χ0v) is 20.7. The van der Waals surface area contributed by atoms with Crippen molar-refractivity contribution >= 4 is 27.2 Å². The summed E-state index contributed by atoms with van der Waals surface area (Å²) < 4.78 is 22.5. The Morgan fingerprint density at radius 1 is 0.571 bits per heavy atom. The first-order valence-corrected chi connectivity index (χ1v) is 13.7. The van der Waals surface area contributed by atoms with E-state index in [2.05, 4.69) is 0 Å². The molecule has 182 valence electrons. The lowest BCUT2D eigenvalue weighted by atomic mass is 9.65. The van der Waals surface area contributed by atoms with Crippen LogP contribution in [0.3, 0.4) is 0 Å². The minimum absolute atomic E-state index is 0.00485. The molecule has 0 N–H and O–H groups in total. The molecule has 0 aliphatic carbocycles. The first kappa shape index (κ1) is 26.2. The highest BCUT2D eigenvalue weighted by Gasteiger charge is 2.42. The standard InChI is InChI=1S/C29H30O5S/c1-35(33,34)22-21-27(31)18-17-26(30)19-20-28(32)29(23-11-5-2-6-12-23,24-13-7-3-8-14-24)25-15-9-4-10-16-25/h2-16H,17-22H2,1H3. The minimum Gasteiger partial charge on any atom is -0.300 e. The maximum atomic E-state index is 14.0. The molecule has 3 rings (SSSR count). The van der Waals surface area contributed by atoms with Gasteiger partial charge in [-0.15, -0.1) is 0 Å². The third-order valence-electron chi connectivity index (χ3n) is 6.10. The van der Waals surface area contributed by atoms with Gasteiger partial charge in [-0.05, 0) is 16.7 Å². The van der Waals surface area contributed by atoms with Gasteiger partial charge in [0.1, 0.15) is 26.8 Å². The Morgan fingerprint density at radius 2 is 0.914 bits per heavy atom. The van der Waals surface area contributed by atoms with E-state index < -0.39 is 15.3 Å². The second kappa shape index (κ2) is 11.8. The summed E-state index contributed by atoms with van der Waals surface area (Å²) in [5, 5.41) is 0. The molecular weight excluding hydrogens is 460 g/mol. The van der Waals surface area contributed by atoms with Gasteiger partial charge in [-0.2, -0.15) is 0 Å². The van der Waals surface area contributed by atoms with Crippen LogP contribution in [0.4, 0.5) is 0 Å². The van der Waals surface area contributed by atoms with E-state index in [0.29, 0.717) is 0 Å². The van der Waals surface area contributed by atoms with Crippen molar-refractivity contribution in [2.24, 2.45) is 0 Å². The molecule has 5 nitrogen and oxygen atoms in total. The number of sulfone groups is 1. The van der Waals surface area contributed by atoms with E-state index in [0.717, 1.165) is 22.9 Å². The monoisotopic (exact) mass is 490 g/mol. The maximum absolute atomic E-state index is 14.0. The van der Waals surface area contributed by atoms with Crippen molar-refractivity contribution in [2.45, 2.75) is 37.5 Å². The molecular formula is C29H30O5S. The molecule has 0 atom stereocenters. The van der Waals surface area contributed by atoms with Crippen LogP contribution in [0.1, 0.15) is 48.8 Å². The minimum atomic E-state index is -3.23. The van der Waals surface area contributed by atoms with Gasteiger partial charge < -0.3 is 0 Å². The number of Topliss-reactive ketones (excluding diaryl/α,β-unsaturated/α-hetero) is 3. The van der Waals surface area contributed by atoms with Gasteiger partial charge in [-0.25, -0.2) is 8.42 Å².